The zero-order valence-corrected chi connectivity index (χ0v) is 13.6. The number of carbonyl (C=O) groups is 1. The number of nitrogens with zero attached hydrogens (tertiary/aromatic N) is 3. The first-order chi connectivity index (χ1) is 12.3. The lowest BCUT2D eigenvalue weighted by Gasteiger charge is -2.08. The molecule has 1 aliphatic heterocycles. The number of carbonyl (C=O) groups excluding carboxylic acids is 1. The average molecular weight is 334 g/mol. The fourth-order valence-electron chi connectivity index (χ4n) is 2.98. The van der Waals surface area contributed by atoms with Gasteiger partial charge in [0.1, 0.15) is 17.4 Å². The number of fused-ring (bicyclic) bond motifs is 1. The Kier molecular flexibility index (Phi) is 4.16. The van der Waals surface area contributed by atoms with Crippen LogP contribution in [0.3, 0.4) is 0 Å². The number of amides is 1. The molecule has 0 bridgehead atoms. The molecule has 0 spiro atoms. The molecule has 2 aromatic heterocycles. The second-order valence-corrected chi connectivity index (χ2v) is 6.03. The molecule has 0 saturated carbocycles. The summed E-state index contributed by atoms with van der Waals surface area (Å²) in [6.07, 6.45) is 5.03. The van der Waals surface area contributed by atoms with Crippen LogP contribution >= 0.6 is 0 Å². The largest absolute Gasteiger partial charge is 0.392 e. The van der Waals surface area contributed by atoms with E-state index in [-0.39, 0.29) is 12.0 Å². The van der Waals surface area contributed by atoms with E-state index in [1.165, 1.54) is 5.56 Å². The third kappa shape index (κ3) is 3.38. The van der Waals surface area contributed by atoms with Crippen molar-refractivity contribution in [2.75, 3.05) is 6.54 Å². The molecule has 3 heterocycles. The molecular weight excluding hydrogens is 316 g/mol. The van der Waals surface area contributed by atoms with Crippen molar-refractivity contribution < 1.29 is 9.63 Å². The van der Waals surface area contributed by atoms with Gasteiger partial charge in [-0.15, -0.1) is 0 Å². The fourth-order valence-corrected chi connectivity index (χ4v) is 2.98. The molecule has 25 heavy (non-hydrogen) atoms. The minimum absolute atomic E-state index is 0.0337. The third-order valence-electron chi connectivity index (χ3n) is 4.21. The van der Waals surface area contributed by atoms with Crippen LogP contribution in [-0.4, -0.2) is 33.7 Å². The Morgan fingerprint density at radius 2 is 2.08 bits per heavy atom. The maximum atomic E-state index is 12.4. The highest BCUT2D eigenvalue weighted by Crippen LogP contribution is 2.15. The van der Waals surface area contributed by atoms with Gasteiger partial charge in [-0.2, -0.15) is 0 Å². The molecular formula is C19H18N4O2. The zero-order valence-electron chi connectivity index (χ0n) is 13.6. The first-order valence-electron chi connectivity index (χ1n) is 8.25. The molecule has 0 aliphatic carbocycles. The third-order valence-corrected chi connectivity index (χ3v) is 4.21. The summed E-state index contributed by atoms with van der Waals surface area (Å²) >= 11 is 0. The molecule has 1 aliphatic rings. The number of hydrogen-bond acceptors (Lipinski definition) is 4. The van der Waals surface area contributed by atoms with Crippen LogP contribution in [-0.2, 0) is 11.3 Å². The van der Waals surface area contributed by atoms with Crippen LogP contribution in [0.4, 0.5) is 0 Å². The first kappa shape index (κ1) is 15.4. The molecule has 0 saturated heterocycles. The van der Waals surface area contributed by atoms with Crippen molar-refractivity contribution in [3.8, 4) is 0 Å². The van der Waals surface area contributed by atoms with Crippen LogP contribution in [0.25, 0.3) is 5.65 Å². The van der Waals surface area contributed by atoms with Gasteiger partial charge >= 0.3 is 0 Å². The van der Waals surface area contributed by atoms with Crippen LogP contribution in [0.2, 0.25) is 0 Å². The standard InChI is InChI=1S/C19H18N4O2/c24-19(17-7-4-8-18-20-9-10-23(17)18)21-13-15-12-16(25-22-15)11-14-5-2-1-3-6-14/h1-10,16H,11-13H2,(H,21,24). The number of hydrogen-bond donors (Lipinski definition) is 1. The van der Waals surface area contributed by atoms with E-state index < -0.39 is 0 Å². The molecule has 4 rings (SSSR count). The summed E-state index contributed by atoms with van der Waals surface area (Å²) in [5.74, 6) is -0.155. The van der Waals surface area contributed by atoms with E-state index in [4.69, 9.17) is 4.84 Å². The zero-order chi connectivity index (χ0) is 17.1. The maximum Gasteiger partial charge on any atom is 0.268 e. The van der Waals surface area contributed by atoms with Crippen LogP contribution in [0.5, 0.6) is 0 Å². The van der Waals surface area contributed by atoms with Crippen LogP contribution < -0.4 is 5.32 Å². The molecule has 1 amide bonds. The molecule has 1 N–H and O–H groups in total. The highest BCUT2D eigenvalue weighted by molar-refractivity contribution is 5.97. The van der Waals surface area contributed by atoms with E-state index in [2.05, 4.69) is 27.6 Å². The molecule has 1 unspecified atom stereocenters. The number of oxime groups is 1. The van der Waals surface area contributed by atoms with Crippen molar-refractivity contribution >= 4 is 17.3 Å². The van der Waals surface area contributed by atoms with Gasteiger partial charge in [0.25, 0.3) is 5.91 Å². The molecule has 0 radical (unpaired) electrons. The predicted octanol–water partition coefficient (Wildman–Crippen LogP) is 2.45. The summed E-state index contributed by atoms with van der Waals surface area (Å²) in [7, 11) is 0. The van der Waals surface area contributed by atoms with E-state index >= 15 is 0 Å². The minimum atomic E-state index is -0.155. The van der Waals surface area contributed by atoms with Gasteiger partial charge in [-0.25, -0.2) is 4.98 Å². The van der Waals surface area contributed by atoms with E-state index in [0.29, 0.717) is 12.2 Å². The smallest absolute Gasteiger partial charge is 0.268 e. The molecule has 1 aromatic carbocycles. The normalized spacial score (nSPS) is 16.5. The summed E-state index contributed by atoms with van der Waals surface area (Å²) in [5, 5.41) is 7.02. The topological polar surface area (TPSA) is 68.0 Å². The van der Waals surface area contributed by atoms with Crippen molar-refractivity contribution in [2.45, 2.75) is 18.9 Å². The lowest BCUT2D eigenvalue weighted by Crippen LogP contribution is -2.30. The molecule has 0 fully saturated rings. The number of nitrogens with one attached hydrogen (secondary N) is 1. The van der Waals surface area contributed by atoms with E-state index in [9.17, 15) is 4.79 Å². The van der Waals surface area contributed by atoms with Crippen molar-refractivity contribution in [1.29, 1.82) is 0 Å². The molecule has 126 valence electrons. The van der Waals surface area contributed by atoms with Gasteiger partial charge in [0, 0.05) is 25.2 Å². The summed E-state index contributed by atoms with van der Waals surface area (Å²) < 4.78 is 1.76. The Balaban J connectivity index is 1.33. The van der Waals surface area contributed by atoms with E-state index in [1.807, 2.05) is 30.3 Å². The van der Waals surface area contributed by atoms with Gasteiger partial charge in [-0.3, -0.25) is 9.20 Å². The monoisotopic (exact) mass is 334 g/mol. The van der Waals surface area contributed by atoms with Gasteiger partial charge < -0.3 is 10.2 Å². The fraction of sp³-hybridized carbons (Fsp3) is 0.211. The summed E-state index contributed by atoms with van der Waals surface area (Å²) in [4.78, 5) is 22.1. The number of benzene rings is 1. The Morgan fingerprint density at radius 1 is 1.20 bits per heavy atom. The van der Waals surface area contributed by atoms with Gasteiger partial charge in [-0.1, -0.05) is 41.6 Å². The molecule has 6 nitrogen and oxygen atoms in total. The second-order valence-electron chi connectivity index (χ2n) is 6.03. The molecule has 1 atom stereocenters. The van der Waals surface area contributed by atoms with Gasteiger partial charge in [0.2, 0.25) is 0 Å². The average Bonchev–Trinajstić information content (AvgIpc) is 3.29. The number of aromatic nitrogens is 2. The lowest BCUT2D eigenvalue weighted by atomic mass is 10.0. The Hall–Kier alpha value is -3.15. The Labute approximate surface area is 145 Å². The van der Waals surface area contributed by atoms with Gasteiger partial charge in [-0.05, 0) is 17.7 Å². The van der Waals surface area contributed by atoms with Gasteiger partial charge in [0.15, 0.2) is 0 Å². The van der Waals surface area contributed by atoms with Crippen molar-refractivity contribution in [2.24, 2.45) is 5.16 Å². The molecule has 3 aromatic rings. The Morgan fingerprint density at radius 3 is 2.96 bits per heavy atom. The Bertz CT molecular complexity index is 917. The number of rotatable bonds is 5. The lowest BCUT2D eigenvalue weighted by molar-refractivity contribution is 0.0859. The van der Waals surface area contributed by atoms with E-state index in [0.717, 1.165) is 24.2 Å². The molecule has 6 heteroatoms. The predicted molar refractivity (Wildman–Crippen MR) is 94.6 cm³/mol. The highest BCUT2D eigenvalue weighted by Gasteiger charge is 2.22. The van der Waals surface area contributed by atoms with Crippen molar-refractivity contribution in [1.82, 2.24) is 14.7 Å². The SMILES string of the molecule is O=C(NCC1=NOC(Cc2ccccc2)C1)c1cccc2nccn12. The number of pyridine rings is 1. The van der Waals surface area contributed by atoms with Gasteiger partial charge in [0.05, 0.1) is 12.3 Å². The number of imidazole rings is 1. The summed E-state index contributed by atoms with van der Waals surface area (Å²) in [5.41, 5.74) is 3.37. The van der Waals surface area contributed by atoms with Crippen molar-refractivity contribution in [3.63, 3.8) is 0 Å². The quantitative estimate of drug-likeness (QED) is 0.779. The maximum absolute atomic E-state index is 12.4. The summed E-state index contributed by atoms with van der Waals surface area (Å²) in [6.45, 7) is 0.384. The second kappa shape index (κ2) is 6.76. The summed E-state index contributed by atoms with van der Waals surface area (Å²) in [6, 6.07) is 15.6. The van der Waals surface area contributed by atoms with Crippen LogP contribution in [0, 0.1) is 0 Å². The van der Waals surface area contributed by atoms with Crippen molar-refractivity contribution in [3.05, 3.63) is 72.2 Å². The van der Waals surface area contributed by atoms with Crippen LogP contribution in [0.15, 0.2) is 66.1 Å². The van der Waals surface area contributed by atoms with E-state index in [1.54, 1.807) is 22.9 Å². The highest BCUT2D eigenvalue weighted by atomic mass is 16.6. The van der Waals surface area contributed by atoms with Crippen LogP contribution in [0.1, 0.15) is 22.5 Å². The first-order valence-corrected chi connectivity index (χ1v) is 8.25. The minimum Gasteiger partial charge on any atom is -0.392 e.